The van der Waals surface area contributed by atoms with Crippen LogP contribution in [0.15, 0.2) is 24.3 Å². The lowest BCUT2D eigenvalue weighted by molar-refractivity contribution is -0.197. The van der Waals surface area contributed by atoms with E-state index in [9.17, 15) is 22.8 Å². The number of alkyl halides is 3. The molecule has 0 spiro atoms. The highest BCUT2D eigenvalue weighted by atomic mass is 19.4. The number of carbonyl (C=O) groups is 2. The van der Waals surface area contributed by atoms with Crippen molar-refractivity contribution in [3.63, 3.8) is 0 Å². The molecule has 8 heteroatoms. The zero-order chi connectivity index (χ0) is 16.3. The van der Waals surface area contributed by atoms with E-state index < -0.39 is 36.2 Å². The fraction of sp³-hybridized carbons (Fsp3) is 0.429. The molecule has 1 aliphatic rings. The van der Waals surface area contributed by atoms with Crippen LogP contribution in [0.4, 0.5) is 18.9 Å². The number of hydrogen-bond acceptors (Lipinski definition) is 3. The largest absolute Gasteiger partial charge is 0.393 e. The topological polar surface area (TPSA) is 84.2 Å². The van der Waals surface area contributed by atoms with Gasteiger partial charge in [-0.3, -0.25) is 9.59 Å². The van der Waals surface area contributed by atoms with Gasteiger partial charge in [0.2, 0.25) is 11.8 Å². The zero-order valence-corrected chi connectivity index (χ0v) is 11.6. The van der Waals surface area contributed by atoms with Crippen LogP contribution in [-0.2, 0) is 16.1 Å². The van der Waals surface area contributed by atoms with Crippen molar-refractivity contribution in [2.24, 2.45) is 17.6 Å². The third-order valence-electron chi connectivity index (χ3n) is 3.62. The molecule has 0 radical (unpaired) electrons. The maximum atomic E-state index is 13.0. The lowest BCUT2D eigenvalue weighted by Crippen LogP contribution is -2.50. The Morgan fingerprint density at radius 3 is 2.50 bits per heavy atom. The molecule has 120 valence electrons. The lowest BCUT2D eigenvalue weighted by atomic mass is 9.84. The van der Waals surface area contributed by atoms with Crippen molar-refractivity contribution in [2.75, 3.05) is 11.9 Å². The Hall–Kier alpha value is -2.09. The Morgan fingerprint density at radius 2 is 1.95 bits per heavy atom. The third-order valence-corrected chi connectivity index (χ3v) is 3.62. The normalized spacial score (nSPS) is 22.1. The van der Waals surface area contributed by atoms with Crippen LogP contribution in [0.25, 0.3) is 0 Å². The minimum Gasteiger partial charge on any atom is -0.355 e. The first-order valence-electron chi connectivity index (χ1n) is 6.74. The molecular weight excluding hydrogens is 299 g/mol. The number of anilines is 1. The summed E-state index contributed by atoms with van der Waals surface area (Å²) in [7, 11) is 0. The van der Waals surface area contributed by atoms with Gasteiger partial charge in [-0.05, 0) is 17.7 Å². The number of rotatable bonds is 3. The molecule has 4 N–H and O–H groups in total. The predicted molar refractivity (Wildman–Crippen MR) is 73.6 cm³/mol. The van der Waals surface area contributed by atoms with Gasteiger partial charge in [-0.1, -0.05) is 12.1 Å². The number of carbonyl (C=O) groups excluding carboxylic acids is 2. The molecule has 2 atom stereocenters. The van der Waals surface area contributed by atoms with Gasteiger partial charge in [-0.15, -0.1) is 0 Å². The Labute approximate surface area is 125 Å². The summed E-state index contributed by atoms with van der Waals surface area (Å²) in [6.45, 7) is 0.00869. The van der Waals surface area contributed by atoms with Crippen LogP contribution >= 0.6 is 0 Å². The Kier molecular flexibility index (Phi) is 4.70. The molecule has 1 aromatic rings. The maximum Gasteiger partial charge on any atom is 0.393 e. The number of nitrogens with one attached hydrogen (secondary N) is 2. The molecule has 1 aliphatic heterocycles. The van der Waals surface area contributed by atoms with Crippen molar-refractivity contribution in [3.8, 4) is 0 Å². The molecule has 2 unspecified atom stereocenters. The van der Waals surface area contributed by atoms with Gasteiger partial charge in [0.05, 0.1) is 11.8 Å². The van der Waals surface area contributed by atoms with Gasteiger partial charge in [0.1, 0.15) is 0 Å². The highest BCUT2D eigenvalue weighted by molar-refractivity contribution is 5.94. The maximum absolute atomic E-state index is 13.0. The second-order valence-corrected chi connectivity index (χ2v) is 5.15. The molecule has 0 aliphatic carbocycles. The monoisotopic (exact) mass is 315 g/mol. The fourth-order valence-corrected chi connectivity index (χ4v) is 2.36. The summed E-state index contributed by atoms with van der Waals surface area (Å²) in [4.78, 5) is 23.3. The van der Waals surface area contributed by atoms with Crippen LogP contribution in [-0.4, -0.2) is 24.5 Å². The van der Waals surface area contributed by atoms with E-state index in [2.05, 4.69) is 10.6 Å². The van der Waals surface area contributed by atoms with E-state index in [-0.39, 0.29) is 6.54 Å². The average molecular weight is 315 g/mol. The summed E-state index contributed by atoms with van der Waals surface area (Å²) in [6.07, 6.45) is -5.32. The molecule has 0 saturated carbocycles. The summed E-state index contributed by atoms with van der Waals surface area (Å²) >= 11 is 0. The smallest absolute Gasteiger partial charge is 0.355 e. The fourth-order valence-electron chi connectivity index (χ4n) is 2.36. The van der Waals surface area contributed by atoms with Crippen molar-refractivity contribution in [3.05, 3.63) is 29.8 Å². The SMILES string of the molecule is NCc1ccc(NC(=O)C2CNC(=O)CC2C(F)(F)F)cc1. The van der Waals surface area contributed by atoms with E-state index in [4.69, 9.17) is 5.73 Å². The Bertz CT molecular complexity index is 557. The van der Waals surface area contributed by atoms with Crippen molar-refractivity contribution in [2.45, 2.75) is 19.1 Å². The highest BCUT2D eigenvalue weighted by Crippen LogP contribution is 2.36. The summed E-state index contributed by atoms with van der Waals surface area (Å²) in [5, 5.41) is 4.75. The van der Waals surface area contributed by atoms with E-state index in [1.165, 1.54) is 0 Å². The molecule has 2 rings (SSSR count). The van der Waals surface area contributed by atoms with Gasteiger partial charge < -0.3 is 16.4 Å². The number of nitrogens with two attached hydrogens (primary N) is 1. The molecule has 1 aromatic carbocycles. The second-order valence-electron chi connectivity index (χ2n) is 5.15. The van der Waals surface area contributed by atoms with Gasteiger partial charge in [0.25, 0.3) is 0 Å². The lowest BCUT2D eigenvalue weighted by Gasteiger charge is -2.31. The second kappa shape index (κ2) is 6.35. The van der Waals surface area contributed by atoms with Gasteiger partial charge in [0, 0.05) is 25.2 Å². The Balaban J connectivity index is 2.10. The summed E-state index contributed by atoms with van der Waals surface area (Å²) < 4.78 is 39.0. The Morgan fingerprint density at radius 1 is 1.32 bits per heavy atom. The van der Waals surface area contributed by atoms with Crippen molar-refractivity contribution in [1.82, 2.24) is 5.32 Å². The molecule has 1 heterocycles. The van der Waals surface area contributed by atoms with E-state index >= 15 is 0 Å². The summed E-state index contributed by atoms with van der Waals surface area (Å²) in [5.74, 6) is -4.77. The van der Waals surface area contributed by atoms with E-state index in [1.54, 1.807) is 24.3 Å². The number of halogens is 3. The average Bonchev–Trinajstić information content (AvgIpc) is 2.47. The minimum atomic E-state index is -4.59. The highest BCUT2D eigenvalue weighted by Gasteiger charge is 2.50. The molecule has 0 bridgehead atoms. The molecule has 1 saturated heterocycles. The van der Waals surface area contributed by atoms with Crippen molar-refractivity contribution in [1.29, 1.82) is 0 Å². The first kappa shape index (κ1) is 16.3. The van der Waals surface area contributed by atoms with Gasteiger partial charge in [0.15, 0.2) is 0 Å². The van der Waals surface area contributed by atoms with Gasteiger partial charge in [-0.2, -0.15) is 13.2 Å². The third kappa shape index (κ3) is 3.76. The number of amides is 2. The van der Waals surface area contributed by atoms with Gasteiger partial charge >= 0.3 is 6.18 Å². The minimum absolute atomic E-state index is 0.324. The van der Waals surface area contributed by atoms with Crippen LogP contribution in [0.1, 0.15) is 12.0 Å². The van der Waals surface area contributed by atoms with Crippen molar-refractivity contribution < 1.29 is 22.8 Å². The van der Waals surface area contributed by atoms with Crippen LogP contribution in [0.2, 0.25) is 0 Å². The first-order chi connectivity index (χ1) is 10.3. The number of benzene rings is 1. The summed E-state index contributed by atoms with van der Waals surface area (Å²) in [5.41, 5.74) is 6.68. The molecule has 0 aromatic heterocycles. The van der Waals surface area contributed by atoms with E-state index in [0.29, 0.717) is 12.2 Å². The number of piperidine rings is 1. The van der Waals surface area contributed by atoms with Crippen LogP contribution < -0.4 is 16.4 Å². The predicted octanol–water partition coefficient (Wildman–Crippen LogP) is 1.40. The van der Waals surface area contributed by atoms with E-state index in [0.717, 1.165) is 5.56 Å². The number of hydrogen-bond donors (Lipinski definition) is 3. The standard InChI is InChI=1S/C14H16F3N3O2/c15-14(16,17)11-5-12(21)19-7-10(11)13(22)20-9-3-1-8(6-18)2-4-9/h1-4,10-11H,5-7,18H2,(H,19,21)(H,20,22). The molecule has 2 amide bonds. The van der Waals surface area contributed by atoms with Crippen molar-refractivity contribution >= 4 is 17.5 Å². The zero-order valence-electron chi connectivity index (χ0n) is 11.6. The van der Waals surface area contributed by atoms with Crippen LogP contribution in [0.3, 0.4) is 0 Å². The van der Waals surface area contributed by atoms with E-state index in [1.807, 2.05) is 0 Å². The quantitative estimate of drug-likeness (QED) is 0.788. The molecule has 1 fully saturated rings. The first-order valence-corrected chi connectivity index (χ1v) is 6.74. The van der Waals surface area contributed by atoms with Gasteiger partial charge in [-0.25, -0.2) is 0 Å². The van der Waals surface area contributed by atoms with Crippen LogP contribution in [0, 0.1) is 11.8 Å². The summed E-state index contributed by atoms with van der Waals surface area (Å²) in [6, 6.07) is 6.51. The molecule has 22 heavy (non-hydrogen) atoms. The van der Waals surface area contributed by atoms with Crippen LogP contribution in [0.5, 0.6) is 0 Å². The molecule has 5 nitrogen and oxygen atoms in total. The molecular formula is C14H16F3N3O2.